The lowest BCUT2D eigenvalue weighted by molar-refractivity contribution is -0.121. The predicted octanol–water partition coefficient (Wildman–Crippen LogP) is 2.17. The van der Waals surface area contributed by atoms with Crippen molar-refractivity contribution in [1.29, 1.82) is 5.26 Å². The molecule has 2 amide bonds. The van der Waals surface area contributed by atoms with Crippen LogP contribution in [0.25, 0.3) is 0 Å². The number of hydrogen-bond donors (Lipinski definition) is 1. The van der Waals surface area contributed by atoms with Gasteiger partial charge in [0.2, 0.25) is 0 Å². The Balaban J connectivity index is 1.88. The van der Waals surface area contributed by atoms with Gasteiger partial charge in [0.1, 0.15) is 0 Å². The summed E-state index contributed by atoms with van der Waals surface area (Å²) in [7, 11) is 1.64. The first-order chi connectivity index (χ1) is 11.1. The molecule has 0 spiro atoms. The molecule has 0 saturated carbocycles. The lowest BCUT2D eigenvalue weighted by atomic mass is 10.1. The average Bonchev–Trinajstić information content (AvgIpc) is 2.58. The third-order valence-electron chi connectivity index (χ3n) is 3.59. The molecule has 0 unspecified atom stereocenters. The Hall–Kier alpha value is -3.33. The minimum Gasteiger partial charge on any atom is -0.481 e. The van der Waals surface area contributed by atoms with Crippen molar-refractivity contribution in [1.82, 2.24) is 0 Å². The molecular formula is C17H13N3O3. The van der Waals surface area contributed by atoms with Crippen molar-refractivity contribution in [2.24, 2.45) is 0 Å². The zero-order chi connectivity index (χ0) is 16.4. The molecule has 1 N–H and O–H groups in total. The molecule has 0 bridgehead atoms. The zero-order valence-corrected chi connectivity index (χ0v) is 12.4. The second kappa shape index (κ2) is 5.81. The molecule has 0 atom stereocenters. The summed E-state index contributed by atoms with van der Waals surface area (Å²) in [5.41, 5.74) is 2.01. The summed E-state index contributed by atoms with van der Waals surface area (Å²) in [5, 5.41) is 11.5. The highest BCUT2D eigenvalue weighted by atomic mass is 16.5. The lowest BCUT2D eigenvalue weighted by Crippen LogP contribution is -2.36. The monoisotopic (exact) mass is 307 g/mol. The van der Waals surface area contributed by atoms with Crippen LogP contribution in [-0.4, -0.2) is 25.5 Å². The molecule has 1 aliphatic rings. The van der Waals surface area contributed by atoms with E-state index in [4.69, 9.17) is 10.00 Å². The van der Waals surface area contributed by atoms with E-state index < -0.39 is 0 Å². The minimum absolute atomic E-state index is 0.0926. The number of amides is 2. The number of carbonyl (C=O) groups is 2. The van der Waals surface area contributed by atoms with Gasteiger partial charge in [-0.25, -0.2) is 0 Å². The molecule has 6 heteroatoms. The number of carbonyl (C=O) groups excluding carboxylic acids is 2. The van der Waals surface area contributed by atoms with Gasteiger partial charge in [-0.15, -0.1) is 0 Å². The molecule has 0 saturated heterocycles. The van der Waals surface area contributed by atoms with Gasteiger partial charge >= 0.3 is 0 Å². The first-order valence-electron chi connectivity index (χ1n) is 6.94. The second-order valence-electron chi connectivity index (χ2n) is 5.04. The number of benzene rings is 2. The standard InChI is InChI=1S/C17H13N3O3/c1-20-14-4-2-3-13(16(14)23-10-15(20)21)17(22)19-12-7-5-11(9-18)6-8-12/h2-8H,10H2,1H3,(H,19,22). The highest BCUT2D eigenvalue weighted by Gasteiger charge is 2.26. The van der Waals surface area contributed by atoms with Crippen LogP contribution in [0.3, 0.4) is 0 Å². The molecule has 0 aromatic heterocycles. The molecule has 23 heavy (non-hydrogen) atoms. The van der Waals surface area contributed by atoms with E-state index in [1.807, 2.05) is 6.07 Å². The summed E-state index contributed by atoms with van der Waals surface area (Å²) < 4.78 is 5.44. The van der Waals surface area contributed by atoms with Gasteiger partial charge in [0.25, 0.3) is 11.8 Å². The first kappa shape index (κ1) is 14.6. The quantitative estimate of drug-likeness (QED) is 0.921. The van der Waals surface area contributed by atoms with E-state index in [1.54, 1.807) is 49.5 Å². The van der Waals surface area contributed by atoms with Gasteiger partial charge in [-0.05, 0) is 36.4 Å². The van der Waals surface area contributed by atoms with Gasteiger partial charge in [0.05, 0.1) is 22.9 Å². The second-order valence-corrected chi connectivity index (χ2v) is 5.04. The number of likely N-dealkylation sites (N-methyl/N-ethyl adjacent to an activating group) is 1. The summed E-state index contributed by atoms with van der Waals surface area (Å²) >= 11 is 0. The number of rotatable bonds is 2. The lowest BCUT2D eigenvalue weighted by Gasteiger charge is -2.27. The van der Waals surface area contributed by atoms with Crippen molar-refractivity contribution in [2.75, 3.05) is 23.9 Å². The molecule has 1 aliphatic heterocycles. The molecule has 0 aliphatic carbocycles. The topological polar surface area (TPSA) is 82.4 Å². The van der Waals surface area contributed by atoms with Crippen molar-refractivity contribution in [2.45, 2.75) is 0 Å². The first-order valence-corrected chi connectivity index (χ1v) is 6.94. The predicted molar refractivity (Wildman–Crippen MR) is 84.5 cm³/mol. The number of hydrogen-bond acceptors (Lipinski definition) is 4. The SMILES string of the molecule is CN1C(=O)COc2c(C(=O)Nc3ccc(C#N)cc3)cccc21. The minimum atomic E-state index is -0.339. The van der Waals surface area contributed by atoms with Crippen LogP contribution in [0.4, 0.5) is 11.4 Å². The molecule has 3 rings (SSSR count). The van der Waals surface area contributed by atoms with E-state index in [2.05, 4.69) is 5.32 Å². The van der Waals surface area contributed by atoms with Crippen molar-refractivity contribution in [3.05, 3.63) is 53.6 Å². The molecule has 2 aromatic carbocycles. The maximum absolute atomic E-state index is 12.5. The smallest absolute Gasteiger partial charge is 0.264 e. The normalized spacial score (nSPS) is 12.9. The Labute approximate surface area is 132 Å². The van der Waals surface area contributed by atoms with E-state index in [-0.39, 0.29) is 18.4 Å². The van der Waals surface area contributed by atoms with Crippen LogP contribution < -0.4 is 15.0 Å². The van der Waals surface area contributed by atoms with E-state index >= 15 is 0 Å². The number of fused-ring (bicyclic) bond motifs is 1. The largest absolute Gasteiger partial charge is 0.481 e. The number of anilines is 2. The fourth-order valence-corrected chi connectivity index (χ4v) is 2.31. The molecule has 0 radical (unpaired) electrons. The van der Waals surface area contributed by atoms with Crippen LogP contribution in [0.1, 0.15) is 15.9 Å². The summed E-state index contributed by atoms with van der Waals surface area (Å²) in [6.07, 6.45) is 0. The van der Waals surface area contributed by atoms with Gasteiger partial charge in [-0.3, -0.25) is 9.59 Å². The maximum Gasteiger partial charge on any atom is 0.264 e. The van der Waals surface area contributed by atoms with Gasteiger partial charge in [-0.2, -0.15) is 5.26 Å². The van der Waals surface area contributed by atoms with Crippen LogP contribution in [0.15, 0.2) is 42.5 Å². The van der Waals surface area contributed by atoms with Crippen molar-refractivity contribution >= 4 is 23.2 Å². The molecule has 114 valence electrons. The van der Waals surface area contributed by atoms with E-state index in [0.717, 1.165) is 0 Å². The van der Waals surface area contributed by atoms with Crippen LogP contribution >= 0.6 is 0 Å². The molecular weight excluding hydrogens is 294 g/mol. The van der Waals surface area contributed by atoms with Crippen LogP contribution in [0, 0.1) is 11.3 Å². The third kappa shape index (κ3) is 2.72. The summed E-state index contributed by atoms with van der Waals surface area (Å²) in [6, 6.07) is 13.6. The molecule has 2 aromatic rings. The summed E-state index contributed by atoms with van der Waals surface area (Å²) in [4.78, 5) is 25.6. The fourth-order valence-electron chi connectivity index (χ4n) is 2.31. The number of para-hydroxylation sites is 1. The Bertz CT molecular complexity index is 822. The highest BCUT2D eigenvalue weighted by molar-refractivity contribution is 6.09. The Kier molecular flexibility index (Phi) is 3.69. The van der Waals surface area contributed by atoms with Crippen LogP contribution in [0.5, 0.6) is 5.75 Å². The highest BCUT2D eigenvalue weighted by Crippen LogP contribution is 2.34. The molecule has 1 heterocycles. The average molecular weight is 307 g/mol. The van der Waals surface area contributed by atoms with Gasteiger partial charge in [0, 0.05) is 12.7 Å². The summed E-state index contributed by atoms with van der Waals surface area (Å²) in [6.45, 7) is -0.0926. The number of nitriles is 1. The zero-order valence-electron chi connectivity index (χ0n) is 12.4. The Morgan fingerprint density at radius 1 is 1.26 bits per heavy atom. The Morgan fingerprint density at radius 2 is 2.00 bits per heavy atom. The van der Waals surface area contributed by atoms with Crippen LogP contribution in [0.2, 0.25) is 0 Å². The van der Waals surface area contributed by atoms with E-state index in [9.17, 15) is 9.59 Å². The Morgan fingerprint density at radius 3 is 2.70 bits per heavy atom. The van der Waals surface area contributed by atoms with E-state index in [1.165, 1.54) is 4.90 Å². The maximum atomic E-state index is 12.5. The molecule has 6 nitrogen and oxygen atoms in total. The van der Waals surface area contributed by atoms with Gasteiger partial charge in [-0.1, -0.05) is 6.07 Å². The van der Waals surface area contributed by atoms with Crippen molar-refractivity contribution in [3.63, 3.8) is 0 Å². The molecule has 0 fully saturated rings. The third-order valence-corrected chi connectivity index (χ3v) is 3.59. The van der Waals surface area contributed by atoms with Crippen LogP contribution in [-0.2, 0) is 4.79 Å². The van der Waals surface area contributed by atoms with Crippen molar-refractivity contribution in [3.8, 4) is 11.8 Å². The number of ether oxygens (including phenoxy) is 1. The number of nitrogens with zero attached hydrogens (tertiary/aromatic N) is 2. The summed E-state index contributed by atoms with van der Waals surface area (Å²) in [5.74, 6) is -0.114. The number of nitrogens with one attached hydrogen (secondary N) is 1. The van der Waals surface area contributed by atoms with Crippen molar-refractivity contribution < 1.29 is 14.3 Å². The fraction of sp³-hybridized carbons (Fsp3) is 0.118. The van der Waals surface area contributed by atoms with Gasteiger partial charge in [0.15, 0.2) is 12.4 Å². The van der Waals surface area contributed by atoms with E-state index in [0.29, 0.717) is 28.3 Å². The van der Waals surface area contributed by atoms with Gasteiger partial charge < -0.3 is 15.0 Å².